The molecule has 106 valence electrons. The van der Waals surface area contributed by atoms with E-state index >= 15 is 0 Å². The standard InChI is InChI=1S/C14H15FN2O3/c1-20-14(19)12-5-11(18)8-17(12)7-10-4-2-3-9(6-16)13(10)15/h2-4,11-12,18H,5,7-8H2,1H3. The quantitative estimate of drug-likeness (QED) is 0.828. The molecule has 0 aliphatic carbocycles. The second-order valence-electron chi connectivity index (χ2n) is 4.75. The van der Waals surface area contributed by atoms with Crippen LogP contribution in [0.15, 0.2) is 18.2 Å². The fourth-order valence-corrected chi connectivity index (χ4v) is 2.44. The zero-order valence-electron chi connectivity index (χ0n) is 11.0. The van der Waals surface area contributed by atoms with Gasteiger partial charge in [-0.15, -0.1) is 0 Å². The highest BCUT2D eigenvalue weighted by Crippen LogP contribution is 2.23. The molecule has 1 aliphatic rings. The average Bonchev–Trinajstić information content (AvgIpc) is 2.81. The van der Waals surface area contributed by atoms with E-state index < -0.39 is 23.9 Å². The molecule has 1 aromatic rings. The van der Waals surface area contributed by atoms with Crippen LogP contribution in [0.4, 0.5) is 4.39 Å². The van der Waals surface area contributed by atoms with Crippen LogP contribution in [0.2, 0.25) is 0 Å². The molecule has 0 saturated carbocycles. The smallest absolute Gasteiger partial charge is 0.323 e. The van der Waals surface area contributed by atoms with Gasteiger partial charge in [0, 0.05) is 25.1 Å². The predicted octanol–water partition coefficient (Wildman–Crippen LogP) is 0.806. The van der Waals surface area contributed by atoms with Gasteiger partial charge in [0.25, 0.3) is 0 Å². The minimum Gasteiger partial charge on any atom is -0.468 e. The lowest BCUT2D eigenvalue weighted by Gasteiger charge is -2.22. The number of halogens is 1. The molecule has 0 spiro atoms. The summed E-state index contributed by atoms with van der Waals surface area (Å²) in [5, 5.41) is 18.5. The van der Waals surface area contributed by atoms with Gasteiger partial charge in [-0.05, 0) is 6.07 Å². The first-order valence-corrected chi connectivity index (χ1v) is 6.24. The van der Waals surface area contributed by atoms with Crippen LogP contribution in [-0.2, 0) is 16.1 Å². The van der Waals surface area contributed by atoms with Crippen molar-refractivity contribution in [1.29, 1.82) is 5.26 Å². The van der Waals surface area contributed by atoms with Crippen LogP contribution >= 0.6 is 0 Å². The van der Waals surface area contributed by atoms with Crippen molar-refractivity contribution in [2.45, 2.75) is 25.1 Å². The molecule has 1 heterocycles. The van der Waals surface area contributed by atoms with Gasteiger partial charge in [-0.3, -0.25) is 9.69 Å². The Kier molecular flexibility index (Phi) is 4.32. The van der Waals surface area contributed by atoms with Crippen molar-refractivity contribution in [2.75, 3.05) is 13.7 Å². The summed E-state index contributed by atoms with van der Waals surface area (Å²) in [7, 11) is 1.28. The van der Waals surface area contributed by atoms with Gasteiger partial charge in [0.05, 0.1) is 18.8 Å². The first-order chi connectivity index (χ1) is 9.56. The van der Waals surface area contributed by atoms with Crippen molar-refractivity contribution in [2.24, 2.45) is 0 Å². The predicted molar refractivity (Wildman–Crippen MR) is 68.0 cm³/mol. The summed E-state index contributed by atoms with van der Waals surface area (Å²) >= 11 is 0. The van der Waals surface area contributed by atoms with Crippen LogP contribution in [0.25, 0.3) is 0 Å². The van der Waals surface area contributed by atoms with Crippen molar-refractivity contribution in [3.8, 4) is 6.07 Å². The Morgan fingerprint density at radius 1 is 1.65 bits per heavy atom. The molecule has 2 unspecified atom stereocenters. The Bertz CT molecular complexity index is 556. The number of nitrogens with zero attached hydrogens (tertiary/aromatic N) is 2. The van der Waals surface area contributed by atoms with E-state index in [1.807, 2.05) is 0 Å². The summed E-state index contributed by atoms with van der Waals surface area (Å²) in [5.74, 6) is -1.03. The summed E-state index contributed by atoms with van der Waals surface area (Å²) in [4.78, 5) is 13.3. The fraction of sp³-hybridized carbons (Fsp3) is 0.429. The number of methoxy groups -OCH3 is 1. The maximum atomic E-state index is 14.0. The summed E-state index contributed by atoms with van der Waals surface area (Å²) in [6, 6.07) is 5.75. The lowest BCUT2D eigenvalue weighted by molar-refractivity contribution is -0.146. The van der Waals surface area contributed by atoms with Crippen LogP contribution in [0.5, 0.6) is 0 Å². The highest BCUT2D eigenvalue weighted by molar-refractivity contribution is 5.76. The summed E-state index contributed by atoms with van der Waals surface area (Å²) in [6.07, 6.45) is -0.368. The SMILES string of the molecule is COC(=O)C1CC(O)CN1Cc1cccc(C#N)c1F. The molecular weight excluding hydrogens is 263 g/mol. The summed E-state index contributed by atoms with van der Waals surface area (Å²) in [5.41, 5.74) is 0.295. The normalized spacial score (nSPS) is 22.5. The van der Waals surface area contributed by atoms with Crippen LogP contribution < -0.4 is 0 Å². The molecule has 6 heteroatoms. The number of β-amino-alcohol motifs (C(OH)–C–C–N with tert-alkyl or cyclic N) is 1. The first-order valence-electron chi connectivity index (χ1n) is 6.24. The molecular formula is C14H15FN2O3. The van der Waals surface area contributed by atoms with Gasteiger partial charge in [-0.25, -0.2) is 4.39 Å². The minimum atomic E-state index is -0.638. The number of aliphatic hydroxyl groups is 1. The molecule has 1 saturated heterocycles. The molecule has 1 aliphatic heterocycles. The van der Waals surface area contributed by atoms with Crippen molar-refractivity contribution in [1.82, 2.24) is 4.90 Å². The first kappa shape index (κ1) is 14.4. The number of likely N-dealkylation sites (tertiary alicyclic amines) is 1. The van der Waals surface area contributed by atoms with E-state index in [0.717, 1.165) is 0 Å². The molecule has 1 N–H and O–H groups in total. The number of carbonyl (C=O) groups excluding carboxylic acids is 1. The van der Waals surface area contributed by atoms with E-state index in [2.05, 4.69) is 4.74 Å². The highest BCUT2D eigenvalue weighted by atomic mass is 19.1. The van der Waals surface area contributed by atoms with Gasteiger partial charge in [0.1, 0.15) is 17.9 Å². The number of rotatable bonds is 3. The number of nitriles is 1. The monoisotopic (exact) mass is 278 g/mol. The molecule has 5 nitrogen and oxygen atoms in total. The maximum Gasteiger partial charge on any atom is 0.323 e. The van der Waals surface area contributed by atoms with Gasteiger partial charge >= 0.3 is 5.97 Å². The molecule has 0 radical (unpaired) electrons. The zero-order chi connectivity index (χ0) is 14.7. The second-order valence-corrected chi connectivity index (χ2v) is 4.75. The van der Waals surface area contributed by atoms with E-state index in [4.69, 9.17) is 5.26 Å². The average molecular weight is 278 g/mol. The third-order valence-corrected chi connectivity index (χ3v) is 3.43. The van der Waals surface area contributed by atoms with E-state index in [1.165, 1.54) is 13.2 Å². The van der Waals surface area contributed by atoms with Crippen molar-refractivity contribution >= 4 is 5.97 Å². The molecule has 1 aromatic carbocycles. The van der Waals surface area contributed by atoms with Gasteiger partial charge in [-0.2, -0.15) is 5.26 Å². The topological polar surface area (TPSA) is 73.6 Å². The van der Waals surface area contributed by atoms with Crippen molar-refractivity contribution in [3.63, 3.8) is 0 Å². The third kappa shape index (κ3) is 2.79. The van der Waals surface area contributed by atoms with Crippen molar-refractivity contribution < 1.29 is 19.0 Å². The van der Waals surface area contributed by atoms with Crippen LogP contribution in [0.1, 0.15) is 17.5 Å². The van der Waals surface area contributed by atoms with E-state index in [9.17, 15) is 14.3 Å². The fourth-order valence-electron chi connectivity index (χ4n) is 2.44. The van der Waals surface area contributed by atoms with Crippen LogP contribution in [-0.4, -0.2) is 41.8 Å². The Balaban J connectivity index is 2.21. The van der Waals surface area contributed by atoms with Crippen LogP contribution in [0.3, 0.4) is 0 Å². The highest BCUT2D eigenvalue weighted by Gasteiger charge is 2.37. The Labute approximate surface area is 116 Å². The Hall–Kier alpha value is -1.97. The second kappa shape index (κ2) is 5.99. The van der Waals surface area contributed by atoms with Gasteiger partial charge in [0.2, 0.25) is 0 Å². The number of carbonyl (C=O) groups is 1. The van der Waals surface area contributed by atoms with Crippen LogP contribution in [0, 0.1) is 17.1 Å². The number of aliphatic hydroxyl groups excluding tert-OH is 1. The molecule has 2 atom stereocenters. The summed E-state index contributed by atoms with van der Waals surface area (Å²) in [6.45, 7) is 0.425. The van der Waals surface area contributed by atoms with Crippen molar-refractivity contribution in [3.05, 3.63) is 35.1 Å². The lowest BCUT2D eigenvalue weighted by atomic mass is 10.1. The van der Waals surface area contributed by atoms with Gasteiger partial charge in [-0.1, -0.05) is 12.1 Å². The number of hydrogen-bond donors (Lipinski definition) is 1. The number of hydrogen-bond acceptors (Lipinski definition) is 5. The molecule has 1 fully saturated rings. The lowest BCUT2D eigenvalue weighted by Crippen LogP contribution is -2.36. The largest absolute Gasteiger partial charge is 0.468 e. The van der Waals surface area contributed by atoms with Gasteiger partial charge in [0.15, 0.2) is 0 Å². The number of esters is 1. The minimum absolute atomic E-state index is 0.0307. The molecule has 0 bridgehead atoms. The summed E-state index contributed by atoms with van der Waals surface area (Å²) < 4.78 is 18.7. The number of ether oxygens (including phenoxy) is 1. The zero-order valence-corrected chi connectivity index (χ0v) is 11.0. The molecule has 0 amide bonds. The van der Waals surface area contributed by atoms with E-state index in [0.29, 0.717) is 5.56 Å². The molecule has 20 heavy (non-hydrogen) atoms. The Morgan fingerprint density at radius 2 is 2.40 bits per heavy atom. The van der Waals surface area contributed by atoms with E-state index in [-0.39, 0.29) is 25.1 Å². The van der Waals surface area contributed by atoms with E-state index in [1.54, 1.807) is 23.1 Å². The van der Waals surface area contributed by atoms with Gasteiger partial charge < -0.3 is 9.84 Å². The maximum absolute atomic E-state index is 14.0. The number of benzene rings is 1. The Morgan fingerprint density at radius 3 is 3.05 bits per heavy atom. The molecule has 2 rings (SSSR count). The molecule has 0 aromatic heterocycles. The third-order valence-electron chi connectivity index (χ3n) is 3.43.